The van der Waals surface area contributed by atoms with Gasteiger partial charge in [-0.15, -0.1) is 0 Å². The first-order valence-corrected chi connectivity index (χ1v) is 4.16. The minimum absolute atomic E-state index is 0. The normalized spacial score (nSPS) is 11.8. The summed E-state index contributed by atoms with van der Waals surface area (Å²) in [5, 5.41) is 0. The van der Waals surface area contributed by atoms with Gasteiger partial charge in [-0.2, -0.15) is 0 Å². The van der Waals surface area contributed by atoms with Crippen molar-refractivity contribution in [3.05, 3.63) is 35.9 Å². The Morgan fingerprint density at radius 2 is 1.83 bits per heavy atom. The van der Waals surface area contributed by atoms with E-state index in [0.717, 1.165) is 6.42 Å². The molecular weight excluding hydrogens is 261 g/mol. The van der Waals surface area contributed by atoms with E-state index < -0.39 is 0 Å². The molecule has 0 amide bonds. The Balaban J connectivity index is 0.00000121. The Hall–Kier alpha value is -0.0900. The van der Waals surface area contributed by atoms with Crippen LogP contribution < -0.4 is 29.7 Å². The van der Waals surface area contributed by atoms with Gasteiger partial charge in [-0.3, -0.25) is 0 Å². The predicted molar refractivity (Wildman–Crippen MR) is 47.1 cm³/mol. The van der Waals surface area contributed by atoms with Crippen molar-refractivity contribution in [3.8, 4) is 0 Å². The lowest BCUT2D eigenvalue weighted by Crippen LogP contribution is -3.00. The molecule has 1 nitrogen and oxygen atoms in total. The molecule has 3 N–H and O–H groups in total. The summed E-state index contributed by atoms with van der Waals surface area (Å²) in [5.74, 6) is 0. The van der Waals surface area contributed by atoms with Crippen molar-refractivity contribution in [1.82, 2.24) is 0 Å². The summed E-state index contributed by atoms with van der Waals surface area (Å²) in [6, 6.07) is 11.1. The Labute approximate surface area is 91.4 Å². The van der Waals surface area contributed by atoms with Crippen LogP contribution in [0.3, 0.4) is 0 Å². The van der Waals surface area contributed by atoms with Gasteiger partial charge in [0.25, 0.3) is 0 Å². The summed E-state index contributed by atoms with van der Waals surface area (Å²) in [7, 11) is 0. The fourth-order valence-corrected chi connectivity index (χ4v) is 1.06. The number of benzene rings is 1. The molecule has 0 saturated carbocycles. The van der Waals surface area contributed by atoms with Crippen molar-refractivity contribution in [2.24, 2.45) is 0 Å². The molecule has 1 rings (SSSR count). The van der Waals surface area contributed by atoms with E-state index >= 15 is 0 Å². The van der Waals surface area contributed by atoms with Gasteiger partial charge in [0, 0.05) is 6.42 Å². The van der Waals surface area contributed by atoms with Gasteiger partial charge >= 0.3 is 0 Å². The third-order valence-corrected chi connectivity index (χ3v) is 1.77. The third-order valence-electron chi connectivity index (χ3n) is 1.77. The first-order chi connectivity index (χ1) is 5.29. The van der Waals surface area contributed by atoms with Crippen LogP contribution in [0.4, 0.5) is 0 Å². The van der Waals surface area contributed by atoms with E-state index in [2.05, 4.69) is 43.0 Å². The maximum Gasteiger partial charge on any atom is 0.0818 e. The second-order valence-electron chi connectivity index (χ2n) is 3.13. The summed E-state index contributed by atoms with van der Waals surface area (Å²) >= 11 is 0. The number of hydrogen-bond donors (Lipinski definition) is 1. The molecule has 0 aliphatic heterocycles. The Kier molecular flexibility index (Phi) is 6.38. The standard InChI is InChI=1S/C10H15N.HI/c1-9(11)7-8-10-5-3-2-4-6-10;/h2-6,9H,7-8,11H2,1H3;1H. The molecule has 0 saturated heterocycles. The number of rotatable bonds is 3. The molecule has 1 atom stereocenters. The first-order valence-electron chi connectivity index (χ1n) is 4.16. The quantitative estimate of drug-likeness (QED) is 0.635. The van der Waals surface area contributed by atoms with Gasteiger partial charge in [0.1, 0.15) is 0 Å². The average Bonchev–Trinajstić information content (AvgIpc) is 2.03. The van der Waals surface area contributed by atoms with Gasteiger partial charge in [-0.05, 0) is 18.9 Å². The molecule has 0 aromatic heterocycles. The molecule has 1 unspecified atom stereocenters. The molecule has 68 valence electrons. The van der Waals surface area contributed by atoms with E-state index in [9.17, 15) is 0 Å². The molecule has 2 heteroatoms. The summed E-state index contributed by atoms with van der Waals surface area (Å²) in [6.07, 6.45) is 2.34. The van der Waals surface area contributed by atoms with Crippen molar-refractivity contribution in [3.63, 3.8) is 0 Å². The van der Waals surface area contributed by atoms with Gasteiger partial charge < -0.3 is 29.7 Å². The topological polar surface area (TPSA) is 27.6 Å². The lowest BCUT2D eigenvalue weighted by atomic mass is 10.1. The lowest BCUT2D eigenvalue weighted by molar-refractivity contribution is -0.415. The van der Waals surface area contributed by atoms with Crippen molar-refractivity contribution >= 4 is 0 Å². The lowest BCUT2D eigenvalue weighted by Gasteiger charge is -2.01. The summed E-state index contributed by atoms with van der Waals surface area (Å²) in [5.41, 5.74) is 5.37. The first kappa shape index (κ1) is 11.9. The van der Waals surface area contributed by atoms with Crippen molar-refractivity contribution in [2.75, 3.05) is 0 Å². The van der Waals surface area contributed by atoms with E-state index in [0.29, 0.717) is 6.04 Å². The Morgan fingerprint density at radius 3 is 2.33 bits per heavy atom. The number of halogens is 1. The molecule has 0 spiro atoms. The third kappa shape index (κ3) is 4.72. The fraction of sp³-hybridized carbons (Fsp3) is 0.400. The van der Waals surface area contributed by atoms with Crippen LogP contribution in [-0.2, 0) is 6.42 Å². The molecule has 0 heterocycles. The molecule has 1 aromatic rings. The van der Waals surface area contributed by atoms with Gasteiger partial charge in [-0.1, -0.05) is 30.3 Å². The molecular formula is C10H16IN. The highest BCUT2D eigenvalue weighted by atomic mass is 127. The van der Waals surface area contributed by atoms with Crippen LogP contribution in [0.5, 0.6) is 0 Å². The number of aryl methyl sites for hydroxylation is 1. The van der Waals surface area contributed by atoms with Gasteiger partial charge in [0.15, 0.2) is 0 Å². The van der Waals surface area contributed by atoms with Crippen LogP contribution in [-0.4, -0.2) is 6.04 Å². The predicted octanol–water partition coefficient (Wildman–Crippen LogP) is -1.75. The van der Waals surface area contributed by atoms with E-state index in [1.165, 1.54) is 12.0 Å². The highest BCUT2D eigenvalue weighted by molar-refractivity contribution is 5.14. The smallest absolute Gasteiger partial charge is 0.0818 e. The zero-order chi connectivity index (χ0) is 8.10. The van der Waals surface area contributed by atoms with E-state index in [-0.39, 0.29) is 24.0 Å². The molecule has 0 aliphatic rings. The Morgan fingerprint density at radius 1 is 1.25 bits per heavy atom. The number of hydrogen-bond acceptors (Lipinski definition) is 0. The largest absolute Gasteiger partial charge is 1.00 e. The molecule has 0 fully saturated rings. The zero-order valence-electron chi connectivity index (χ0n) is 7.46. The van der Waals surface area contributed by atoms with Crippen LogP contribution in [0.15, 0.2) is 30.3 Å². The minimum atomic E-state index is 0. The molecule has 1 aromatic carbocycles. The second kappa shape index (κ2) is 6.43. The van der Waals surface area contributed by atoms with Crippen LogP contribution in [0, 0.1) is 0 Å². The monoisotopic (exact) mass is 277 g/mol. The van der Waals surface area contributed by atoms with Crippen LogP contribution >= 0.6 is 0 Å². The molecule has 0 bridgehead atoms. The molecule has 12 heavy (non-hydrogen) atoms. The highest BCUT2D eigenvalue weighted by Gasteiger charge is 1.97. The van der Waals surface area contributed by atoms with Gasteiger partial charge in [-0.25, -0.2) is 0 Å². The van der Waals surface area contributed by atoms with E-state index in [4.69, 9.17) is 0 Å². The molecule has 0 aliphatic carbocycles. The van der Waals surface area contributed by atoms with Crippen LogP contribution in [0.25, 0.3) is 0 Å². The highest BCUT2D eigenvalue weighted by Crippen LogP contribution is 2.02. The van der Waals surface area contributed by atoms with E-state index in [1.54, 1.807) is 0 Å². The average molecular weight is 277 g/mol. The zero-order valence-corrected chi connectivity index (χ0v) is 9.62. The van der Waals surface area contributed by atoms with Gasteiger partial charge in [0.2, 0.25) is 0 Å². The minimum Gasteiger partial charge on any atom is -1.00 e. The maximum atomic E-state index is 3.95. The van der Waals surface area contributed by atoms with E-state index in [1.807, 2.05) is 0 Å². The fourth-order valence-electron chi connectivity index (χ4n) is 1.06. The van der Waals surface area contributed by atoms with Crippen molar-refractivity contribution in [1.29, 1.82) is 0 Å². The van der Waals surface area contributed by atoms with Crippen LogP contribution in [0.1, 0.15) is 18.9 Å². The second-order valence-corrected chi connectivity index (χ2v) is 3.13. The molecule has 0 radical (unpaired) electrons. The Bertz CT molecular complexity index is 196. The SMILES string of the molecule is CC([NH3+])CCc1ccccc1.[I-]. The summed E-state index contributed by atoms with van der Waals surface area (Å²) in [6.45, 7) is 2.16. The maximum absolute atomic E-state index is 3.95. The summed E-state index contributed by atoms with van der Waals surface area (Å²) in [4.78, 5) is 0. The summed E-state index contributed by atoms with van der Waals surface area (Å²) < 4.78 is 0. The number of quaternary nitrogens is 1. The van der Waals surface area contributed by atoms with Gasteiger partial charge in [0.05, 0.1) is 6.04 Å². The van der Waals surface area contributed by atoms with Crippen molar-refractivity contribution < 1.29 is 29.7 Å². The van der Waals surface area contributed by atoms with Crippen LogP contribution in [0.2, 0.25) is 0 Å². The van der Waals surface area contributed by atoms with Crippen molar-refractivity contribution in [2.45, 2.75) is 25.8 Å².